The molecule has 7 aromatic carbocycles. The Morgan fingerprint density at radius 1 is 0.554 bits per heavy atom. The first-order valence-corrected chi connectivity index (χ1v) is 27.0. The van der Waals surface area contributed by atoms with Crippen LogP contribution in [0.5, 0.6) is 5.75 Å². The first-order valence-electron chi connectivity index (χ1n) is 29.0. The van der Waals surface area contributed by atoms with Crippen molar-refractivity contribution in [2.45, 2.75) is 144 Å². The maximum atomic E-state index is 12.5. The fourth-order valence-corrected chi connectivity index (χ4v) is 10.9. The van der Waals surface area contributed by atoms with Gasteiger partial charge in [-0.2, -0.15) is 0 Å². The second-order valence-electron chi connectivity index (χ2n) is 21.9. The quantitative estimate of drug-likeness (QED) is 0.105. The first kappa shape index (κ1) is 46.7. The van der Waals surface area contributed by atoms with Gasteiger partial charge in [0.2, 0.25) is 0 Å². The van der Waals surface area contributed by atoms with Gasteiger partial charge in [-0.25, -0.2) is 4.98 Å². The number of rotatable bonds is 16. The molecule has 378 valence electrons. The van der Waals surface area contributed by atoms with Crippen LogP contribution in [0.3, 0.4) is 0 Å². The standard InChI is InChI=1S/C70H77N3O/c1-14-69(12,15-2)60-26-22-27-61(70(13,16-3)17-4)65(60)52-33-34-63(47(11)37-52)73-64-28-21-25-57(66(64)72-68(73)59-42-53(45(7)8)41-58(46(9)10)67(59)74)55-38-54(49-23-19-18-20-24-49)39-56(40-55)62-43-51(35-36-71-62)50-31-29-48(30-32-50)44(5)6/h18-46,74H,14-17H2,1-13H3/i11D3,44D. The molecule has 0 saturated carbocycles. The third-order valence-corrected chi connectivity index (χ3v) is 16.6. The number of nitrogens with zero attached hydrogens (tertiary/aromatic N) is 3. The summed E-state index contributed by atoms with van der Waals surface area (Å²) in [7, 11) is 0. The zero-order chi connectivity index (χ0) is 56.1. The highest BCUT2D eigenvalue weighted by Gasteiger charge is 2.33. The lowest BCUT2D eigenvalue weighted by molar-refractivity contribution is 0.426. The Morgan fingerprint density at radius 2 is 1.18 bits per heavy atom. The molecular formula is C70H77N3O. The monoisotopic (exact) mass is 980 g/mol. The molecule has 4 nitrogen and oxygen atoms in total. The number of hydrogen-bond donors (Lipinski definition) is 1. The Kier molecular flexibility index (Phi) is 13.3. The van der Waals surface area contributed by atoms with Crippen LogP contribution in [0.1, 0.15) is 165 Å². The van der Waals surface area contributed by atoms with Gasteiger partial charge in [-0.3, -0.25) is 9.55 Å². The van der Waals surface area contributed by atoms with E-state index >= 15 is 0 Å². The van der Waals surface area contributed by atoms with Crippen molar-refractivity contribution in [3.05, 3.63) is 191 Å². The van der Waals surface area contributed by atoms with Gasteiger partial charge in [0.15, 0.2) is 0 Å². The lowest BCUT2D eigenvalue weighted by Crippen LogP contribution is -2.25. The average molecular weight is 980 g/mol. The van der Waals surface area contributed by atoms with Crippen molar-refractivity contribution >= 4 is 11.0 Å². The van der Waals surface area contributed by atoms with Crippen LogP contribution in [0.2, 0.25) is 0 Å². The predicted molar refractivity (Wildman–Crippen MR) is 316 cm³/mol. The van der Waals surface area contributed by atoms with Crippen molar-refractivity contribution in [2.75, 3.05) is 0 Å². The first-order chi connectivity index (χ1) is 37.0. The normalized spacial score (nSPS) is 13.3. The molecule has 2 heterocycles. The summed E-state index contributed by atoms with van der Waals surface area (Å²) in [5.41, 5.74) is 17.2. The molecule has 0 radical (unpaired) electrons. The van der Waals surface area contributed by atoms with Crippen LogP contribution in [0.15, 0.2) is 158 Å². The summed E-state index contributed by atoms with van der Waals surface area (Å²) in [5, 5.41) is 12.5. The number of benzene rings is 7. The van der Waals surface area contributed by atoms with Gasteiger partial charge in [0.25, 0.3) is 0 Å². The van der Waals surface area contributed by atoms with Crippen LogP contribution >= 0.6 is 0 Å². The van der Waals surface area contributed by atoms with Crippen LogP contribution in [0.4, 0.5) is 0 Å². The van der Waals surface area contributed by atoms with Gasteiger partial charge < -0.3 is 5.11 Å². The predicted octanol–water partition coefficient (Wildman–Crippen LogP) is 20.0. The van der Waals surface area contributed by atoms with Crippen LogP contribution in [-0.4, -0.2) is 19.6 Å². The smallest absolute Gasteiger partial charge is 0.149 e. The Labute approximate surface area is 448 Å². The van der Waals surface area contributed by atoms with Crippen molar-refractivity contribution in [2.24, 2.45) is 0 Å². The lowest BCUT2D eigenvalue weighted by Gasteiger charge is -2.36. The fourth-order valence-electron chi connectivity index (χ4n) is 10.9. The molecule has 0 saturated heterocycles. The van der Waals surface area contributed by atoms with E-state index in [1.54, 1.807) is 0 Å². The summed E-state index contributed by atoms with van der Waals surface area (Å²) in [6.07, 6.45) is 5.59. The van der Waals surface area contributed by atoms with E-state index in [4.69, 9.17) is 11.3 Å². The minimum absolute atomic E-state index is 0.00261. The zero-order valence-electron chi connectivity index (χ0n) is 49.8. The molecule has 2 aromatic heterocycles. The van der Waals surface area contributed by atoms with Crippen LogP contribution in [0.25, 0.3) is 83.9 Å². The number of imidazole rings is 1. The lowest BCUT2D eigenvalue weighted by atomic mass is 9.68. The molecule has 9 aromatic rings. The number of hydrogen-bond acceptors (Lipinski definition) is 3. The van der Waals surface area contributed by atoms with E-state index < -0.39 is 12.7 Å². The molecule has 0 unspecified atom stereocenters. The number of aromatic hydroxyl groups is 1. The molecular weight excluding hydrogens is 899 g/mol. The van der Waals surface area contributed by atoms with E-state index in [9.17, 15) is 9.22 Å². The van der Waals surface area contributed by atoms with Crippen molar-refractivity contribution in [3.63, 3.8) is 0 Å². The number of phenolic OH excluding ortho intramolecular Hbond substituents is 1. The number of fused-ring (bicyclic) bond motifs is 1. The third kappa shape index (κ3) is 9.65. The van der Waals surface area contributed by atoms with Crippen LogP contribution < -0.4 is 0 Å². The minimum atomic E-state index is -2.55. The van der Waals surface area contributed by atoms with E-state index in [1.165, 1.54) is 11.1 Å². The molecule has 0 atom stereocenters. The molecule has 74 heavy (non-hydrogen) atoms. The summed E-state index contributed by atoms with van der Waals surface area (Å²) in [5.74, 6) is 0.0176. The number of aryl methyl sites for hydroxylation is 1. The Bertz CT molecular complexity index is 3590. The van der Waals surface area contributed by atoms with Gasteiger partial charge >= 0.3 is 0 Å². The van der Waals surface area contributed by atoms with Crippen LogP contribution in [-0.2, 0) is 10.8 Å². The van der Waals surface area contributed by atoms with Crippen molar-refractivity contribution < 1.29 is 10.6 Å². The number of phenols is 1. The van der Waals surface area contributed by atoms with Crippen molar-refractivity contribution in [3.8, 4) is 78.6 Å². The number of aromatic nitrogens is 3. The fraction of sp³-hybridized carbons (Fsp3) is 0.314. The number of para-hydroxylation sites is 1. The second-order valence-corrected chi connectivity index (χ2v) is 21.9. The van der Waals surface area contributed by atoms with Gasteiger partial charge in [0.05, 0.1) is 28.0 Å². The topological polar surface area (TPSA) is 50.9 Å². The SMILES string of the molecule is [2H]C([2H])([2H])c1cc(-c2c(C(C)(CC)CC)cccc2C(C)(CC)CC)ccc1-n1c(-c2cc(C(C)C)cc(C(C)C)c2O)nc2c(-c3cc(-c4ccccc4)cc(-c4cc(-c5ccc(C([2H])(C)C)cc5)ccn4)c3)cccc21. The van der Waals surface area contributed by atoms with E-state index in [-0.39, 0.29) is 34.0 Å². The maximum absolute atomic E-state index is 12.5. The Morgan fingerprint density at radius 3 is 1.80 bits per heavy atom. The highest BCUT2D eigenvalue weighted by Crippen LogP contribution is 2.48. The third-order valence-electron chi connectivity index (χ3n) is 16.6. The van der Waals surface area contributed by atoms with Gasteiger partial charge in [0.1, 0.15) is 11.6 Å². The van der Waals surface area contributed by atoms with Crippen molar-refractivity contribution in [1.29, 1.82) is 0 Å². The van der Waals surface area contributed by atoms with E-state index in [0.717, 1.165) is 98.1 Å². The van der Waals surface area contributed by atoms with E-state index in [0.29, 0.717) is 28.1 Å². The largest absolute Gasteiger partial charge is 0.507 e. The van der Waals surface area contributed by atoms with Crippen LogP contribution in [0, 0.1) is 6.85 Å². The molecule has 0 fully saturated rings. The molecule has 1 N–H and O–H groups in total. The molecule has 0 aliphatic carbocycles. The molecule has 0 amide bonds. The van der Waals surface area contributed by atoms with Gasteiger partial charge in [-0.15, -0.1) is 0 Å². The van der Waals surface area contributed by atoms with Gasteiger partial charge in [-0.1, -0.05) is 180 Å². The molecule has 9 rings (SSSR count). The Balaban J connectivity index is 1.34. The molecule has 0 aliphatic heterocycles. The number of pyridine rings is 1. The summed E-state index contributed by atoms with van der Waals surface area (Å²) < 4.78 is 38.8. The molecule has 4 heteroatoms. The van der Waals surface area contributed by atoms with E-state index in [1.807, 2.05) is 91.3 Å². The summed E-state index contributed by atoms with van der Waals surface area (Å²) >= 11 is 0. The highest BCUT2D eigenvalue weighted by atomic mass is 16.3. The second kappa shape index (κ2) is 21.1. The van der Waals surface area contributed by atoms with E-state index in [2.05, 4.69) is 154 Å². The molecule has 0 spiro atoms. The summed E-state index contributed by atoms with van der Waals surface area (Å²) in [6, 6.07) is 52.3. The summed E-state index contributed by atoms with van der Waals surface area (Å²) in [4.78, 5) is 10.6. The summed E-state index contributed by atoms with van der Waals surface area (Å²) in [6.45, 7) is 23.4. The minimum Gasteiger partial charge on any atom is -0.507 e. The highest BCUT2D eigenvalue weighted by molar-refractivity contribution is 5.98. The van der Waals surface area contributed by atoms with Crippen molar-refractivity contribution in [1.82, 2.24) is 14.5 Å². The van der Waals surface area contributed by atoms with Gasteiger partial charge in [-0.05, 0) is 188 Å². The average Bonchev–Trinajstić information content (AvgIpc) is 3.87. The zero-order valence-corrected chi connectivity index (χ0v) is 45.8. The maximum Gasteiger partial charge on any atom is 0.149 e. The molecule has 0 aliphatic rings. The molecule has 0 bridgehead atoms. The van der Waals surface area contributed by atoms with Gasteiger partial charge in [0, 0.05) is 22.8 Å². The Hall–Kier alpha value is -7.04.